The first kappa shape index (κ1) is 18.4. The number of halogens is 2. The highest BCUT2D eigenvalue weighted by Crippen LogP contribution is 2.23. The van der Waals surface area contributed by atoms with E-state index in [4.69, 9.17) is 4.74 Å². The molecule has 0 atom stereocenters. The Morgan fingerprint density at radius 2 is 2.12 bits per heavy atom. The van der Waals surface area contributed by atoms with E-state index in [1.165, 1.54) is 6.07 Å². The molecule has 0 unspecified atom stereocenters. The Hall–Kier alpha value is -2.89. The van der Waals surface area contributed by atoms with Gasteiger partial charge in [-0.25, -0.2) is 13.8 Å². The Kier molecular flexibility index (Phi) is 6.11. The van der Waals surface area contributed by atoms with Gasteiger partial charge in [-0.15, -0.1) is 0 Å². The van der Waals surface area contributed by atoms with Crippen LogP contribution in [0.5, 0.6) is 5.75 Å². The predicted molar refractivity (Wildman–Crippen MR) is 96.0 cm³/mol. The summed E-state index contributed by atoms with van der Waals surface area (Å²) in [6.07, 6.45) is 4.07. The summed E-state index contributed by atoms with van der Waals surface area (Å²) in [5.41, 5.74) is 2.57. The predicted octanol–water partition coefficient (Wildman–Crippen LogP) is 4.16. The molecule has 0 saturated carbocycles. The molecule has 0 radical (unpaired) electrons. The minimum Gasteiger partial charge on any atom is -0.436 e. The minimum atomic E-state index is -0.793. The van der Waals surface area contributed by atoms with Gasteiger partial charge >= 0.3 is 0 Å². The topological polar surface area (TPSA) is 45.7 Å². The molecule has 4 nitrogen and oxygen atoms in total. The van der Waals surface area contributed by atoms with Crippen molar-refractivity contribution in [3.05, 3.63) is 78.1 Å². The van der Waals surface area contributed by atoms with Crippen LogP contribution in [-0.4, -0.2) is 12.3 Å². The monoisotopic (exact) mass is 345 g/mol. The molecule has 25 heavy (non-hydrogen) atoms. The standard InChI is InChI=1S/C19H21F2N3O/c1-5-7-18(25-17-9-8-14(20)10-16(17)21)24-19-13(4)23-11-15(19)12(3)22-6-2/h7-11,22-23H,3-6H2,1-2H3/b18-7+,24-19?. The molecule has 0 fully saturated rings. The van der Waals surface area contributed by atoms with E-state index in [2.05, 4.69) is 28.8 Å². The van der Waals surface area contributed by atoms with E-state index in [1.807, 2.05) is 13.8 Å². The highest BCUT2D eigenvalue weighted by atomic mass is 19.1. The third-order valence-corrected chi connectivity index (χ3v) is 3.36. The van der Waals surface area contributed by atoms with Crippen molar-refractivity contribution in [2.24, 2.45) is 4.99 Å². The summed E-state index contributed by atoms with van der Waals surface area (Å²) < 4.78 is 32.4. The van der Waals surface area contributed by atoms with Gasteiger partial charge in [-0.05, 0) is 31.6 Å². The zero-order chi connectivity index (χ0) is 18.4. The number of nitrogens with one attached hydrogen (secondary N) is 2. The van der Waals surface area contributed by atoms with Gasteiger partial charge in [0.1, 0.15) is 11.5 Å². The molecule has 0 saturated heterocycles. The van der Waals surface area contributed by atoms with Gasteiger partial charge in [-0.2, -0.15) is 0 Å². The van der Waals surface area contributed by atoms with E-state index in [1.54, 1.807) is 12.3 Å². The Labute approximate surface area is 146 Å². The van der Waals surface area contributed by atoms with E-state index >= 15 is 0 Å². The molecule has 0 aliphatic carbocycles. The van der Waals surface area contributed by atoms with E-state index in [0.29, 0.717) is 30.1 Å². The number of nitrogens with zero attached hydrogens (tertiary/aromatic N) is 1. The summed E-state index contributed by atoms with van der Waals surface area (Å²) in [6.45, 7) is 12.5. The SMILES string of the molecule is C=C(NCC)C1=CNC(=C)C1=N/C(=C\CC)Oc1ccc(F)cc1F. The number of likely N-dealkylation sites (N-methyl/N-ethyl adjacent to an activating group) is 1. The molecule has 0 bridgehead atoms. The van der Waals surface area contributed by atoms with Crippen molar-refractivity contribution in [1.82, 2.24) is 10.6 Å². The van der Waals surface area contributed by atoms with Gasteiger partial charge in [0.15, 0.2) is 11.6 Å². The lowest BCUT2D eigenvalue weighted by molar-refractivity contribution is 0.388. The lowest BCUT2D eigenvalue weighted by Gasteiger charge is -2.12. The maximum atomic E-state index is 13.8. The first-order valence-electron chi connectivity index (χ1n) is 7.97. The molecule has 6 heteroatoms. The lowest BCUT2D eigenvalue weighted by Crippen LogP contribution is -2.17. The van der Waals surface area contributed by atoms with Crippen LogP contribution in [0.3, 0.4) is 0 Å². The zero-order valence-corrected chi connectivity index (χ0v) is 14.3. The third-order valence-electron chi connectivity index (χ3n) is 3.36. The number of hydrogen-bond acceptors (Lipinski definition) is 4. The summed E-state index contributed by atoms with van der Waals surface area (Å²) in [6, 6.07) is 3.12. The summed E-state index contributed by atoms with van der Waals surface area (Å²) in [4.78, 5) is 4.45. The van der Waals surface area contributed by atoms with Crippen molar-refractivity contribution in [1.29, 1.82) is 0 Å². The molecular weight excluding hydrogens is 324 g/mol. The largest absolute Gasteiger partial charge is 0.436 e. The summed E-state index contributed by atoms with van der Waals surface area (Å²) in [5, 5.41) is 6.12. The molecule has 1 aliphatic heterocycles. The van der Waals surface area contributed by atoms with Crippen LogP contribution in [0.4, 0.5) is 8.78 Å². The van der Waals surface area contributed by atoms with Crippen molar-refractivity contribution in [3.8, 4) is 5.75 Å². The zero-order valence-electron chi connectivity index (χ0n) is 14.3. The molecule has 1 aromatic carbocycles. The van der Waals surface area contributed by atoms with Crippen LogP contribution in [0.15, 0.2) is 71.5 Å². The van der Waals surface area contributed by atoms with Gasteiger partial charge < -0.3 is 15.4 Å². The van der Waals surface area contributed by atoms with Gasteiger partial charge in [-0.3, -0.25) is 0 Å². The molecule has 132 valence electrons. The fraction of sp³-hybridized carbons (Fsp3) is 0.211. The molecule has 1 aliphatic rings. The normalized spacial score (nSPS) is 15.8. The Bertz CT molecular complexity index is 779. The maximum absolute atomic E-state index is 13.8. The molecule has 2 N–H and O–H groups in total. The lowest BCUT2D eigenvalue weighted by atomic mass is 10.1. The fourth-order valence-corrected chi connectivity index (χ4v) is 2.19. The van der Waals surface area contributed by atoms with Gasteiger partial charge in [0.2, 0.25) is 5.88 Å². The fourth-order valence-electron chi connectivity index (χ4n) is 2.19. The Morgan fingerprint density at radius 1 is 1.36 bits per heavy atom. The number of hydrogen-bond donors (Lipinski definition) is 2. The Morgan fingerprint density at radius 3 is 2.76 bits per heavy atom. The van der Waals surface area contributed by atoms with Crippen molar-refractivity contribution >= 4 is 5.71 Å². The highest BCUT2D eigenvalue weighted by molar-refractivity contribution is 6.16. The Balaban J connectivity index is 2.32. The van der Waals surface area contributed by atoms with Crippen LogP contribution in [0.25, 0.3) is 0 Å². The number of aliphatic imine (C=N–C) groups is 1. The van der Waals surface area contributed by atoms with Crippen LogP contribution in [0.1, 0.15) is 20.3 Å². The third kappa shape index (κ3) is 4.56. The van der Waals surface area contributed by atoms with Crippen LogP contribution in [0, 0.1) is 11.6 Å². The van der Waals surface area contributed by atoms with E-state index < -0.39 is 11.6 Å². The van der Waals surface area contributed by atoms with Gasteiger partial charge in [0.25, 0.3) is 0 Å². The van der Waals surface area contributed by atoms with Crippen LogP contribution >= 0.6 is 0 Å². The van der Waals surface area contributed by atoms with E-state index in [-0.39, 0.29) is 11.6 Å². The quantitative estimate of drug-likeness (QED) is 0.730. The molecule has 0 spiro atoms. The number of benzene rings is 1. The molecule has 0 amide bonds. The average molecular weight is 345 g/mol. The first-order valence-corrected chi connectivity index (χ1v) is 7.97. The second kappa shape index (κ2) is 8.28. The molecule has 1 aromatic rings. The number of ether oxygens (including phenoxy) is 1. The second-order valence-corrected chi connectivity index (χ2v) is 5.28. The van der Waals surface area contributed by atoms with Crippen molar-refractivity contribution in [2.75, 3.05) is 6.54 Å². The van der Waals surface area contributed by atoms with E-state index in [0.717, 1.165) is 17.7 Å². The van der Waals surface area contributed by atoms with Crippen molar-refractivity contribution in [3.63, 3.8) is 0 Å². The van der Waals surface area contributed by atoms with Crippen molar-refractivity contribution in [2.45, 2.75) is 20.3 Å². The van der Waals surface area contributed by atoms with Crippen LogP contribution < -0.4 is 15.4 Å². The molecule has 0 aromatic heterocycles. The highest BCUT2D eigenvalue weighted by Gasteiger charge is 2.20. The number of allylic oxidation sites excluding steroid dienone is 3. The summed E-state index contributed by atoms with van der Waals surface area (Å²) >= 11 is 0. The minimum absolute atomic E-state index is 0.0990. The van der Waals surface area contributed by atoms with Gasteiger partial charge in [-0.1, -0.05) is 20.1 Å². The molecule has 1 heterocycles. The van der Waals surface area contributed by atoms with Crippen molar-refractivity contribution < 1.29 is 13.5 Å². The number of rotatable bonds is 7. The van der Waals surface area contributed by atoms with E-state index in [9.17, 15) is 8.78 Å². The maximum Gasteiger partial charge on any atom is 0.215 e. The van der Waals surface area contributed by atoms with Gasteiger partial charge in [0, 0.05) is 30.1 Å². The van der Waals surface area contributed by atoms with Crippen LogP contribution in [0.2, 0.25) is 0 Å². The summed E-state index contributed by atoms with van der Waals surface area (Å²) in [7, 11) is 0. The summed E-state index contributed by atoms with van der Waals surface area (Å²) in [5.74, 6) is -1.36. The second-order valence-electron chi connectivity index (χ2n) is 5.28. The smallest absolute Gasteiger partial charge is 0.215 e. The van der Waals surface area contributed by atoms with Gasteiger partial charge in [0.05, 0.1) is 5.70 Å². The van der Waals surface area contributed by atoms with Crippen LogP contribution in [-0.2, 0) is 0 Å². The average Bonchev–Trinajstić information content (AvgIpc) is 2.91. The molecule has 2 rings (SSSR count). The first-order chi connectivity index (χ1) is 12.0. The molecular formula is C19H21F2N3O.